The maximum absolute atomic E-state index is 9.01. The Morgan fingerprint density at radius 2 is 1.93 bits per heavy atom. The smallest absolute Gasteiger partial charge is 0.0584 e. The lowest BCUT2D eigenvalue weighted by Gasteiger charge is -2.39. The van der Waals surface area contributed by atoms with Gasteiger partial charge in [0, 0.05) is 18.6 Å². The normalized spacial score (nSPS) is 35.8. The second-order valence-corrected chi connectivity index (χ2v) is 4.62. The Labute approximate surface area is 86.5 Å². The second-order valence-electron chi connectivity index (χ2n) is 4.62. The highest BCUT2D eigenvalue weighted by atomic mass is 16.3. The Bertz CT molecular complexity index is 161. The maximum atomic E-state index is 9.01. The number of hydrogen-bond acceptors (Lipinski definition) is 3. The van der Waals surface area contributed by atoms with Crippen molar-refractivity contribution in [2.45, 2.75) is 44.2 Å². The molecule has 2 atom stereocenters. The van der Waals surface area contributed by atoms with Gasteiger partial charge in [-0.3, -0.25) is 4.90 Å². The summed E-state index contributed by atoms with van der Waals surface area (Å²) in [6, 6.07) is 1.09. The molecule has 0 amide bonds. The molecule has 82 valence electrons. The van der Waals surface area contributed by atoms with Crippen LogP contribution in [0.2, 0.25) is 0 Å². The second kappa shape index (κ2) is 5.10. The van der Waals surface area contributed by atoms with Crippen LogP contribution in [0.25, 0.3) is 0 Å². The molecule has 0 aliphatic carbocycles. The summed E-state index contributed by atoms with van der Waals surface area (Å²) in [4.78, 5) is 2.63. The van der Waals surface area contributed by atoms with Crippen LogP contribution in [0.15, 0.2) is 0 Å². The summed E-state index contributed by atoms with van der Waals surface area (Å²) in [5, 5.41) is 12.4. The zero-order valence-electron chi connectivity index (χ0n) is 8.91. The van der Waals surface area contributed by atoms with E-state index in [9.17, 15) is 0 Å². The van der Waals surface area contributed by atoms with Crippen molar-refractivity contribution in [1.29, 1.82) is 0 Å². The zero-order valence-corrected chi connectivity index (χ0v) is 8.91. The van der Waals surface area contributed by atoms with Gasteiger partial charge in [0.2, 0.25) is 0 Å². The lowest BCUT2D eigenvalue weighted by atomic mass is 9.98. The molecule has 2 aliphatic rings. The molecule has 2 rings (SSSR count). The van der Waals surface area contributed by atoms with E-state index in [1.807, 2.05) is 0 Å². The quantitative estimate of drug-likeness (QED) is 0.681. The van der Waals surface area contributed by atoms with Crippen LogP contribution in [-0.2, 0) is 0 Å². The minimum Gasteiger partial charge on any atom is -0.395 e. The third-order valence-electron chi connectivity index (χ3n) is 3.62. The molecule has 2 saturated heterocycles. The van der Waals surface area contributed by atoms with Crippen LogP contribution in [-0.4, -0.2) is 48.3 Å². The standard InChI is InChI=1S/C11H22N2O/c14-9-10-4-5-11(8-12-10)13-6-2-1-3-7-13/h10-12,14H,1-9H2. The molecular weight excluding hydrogens is 176 g/mol. The van der Waals surface area contributed by atoms with Crippen LogP contribution >= 0.6 is 0 Å². The van der Waals surface area contributed by atoms with Crippen LogP contribution in [0.4, 0.5) is 0 Å². The molecule has 3 nitrogen and oxygen atoms in total. The lowest BCUT2D eigenvalue weighted by Crippen LogP contribution is -2.51. The Morgan fingerprint density at radius 1 is 1.14 bits per heavy atom. The largest absolute Gasteiger partial charge is 0.395 e. The van der Waals surface area contributed by atoms with E-state index in [-0.39, 0.29) is 0 Å². The molecule has 14 heavy (non-hydrogen) atoms. The van der Waals surface area contributed by atoms with E-state index in [0.717, 1.165) is 19.0 Å². The minimum atomic E-state index is 0.298. The van der Waals surface area contributed by atoms with E-state index in [1.165, 1.54) is 38.8 Å². The average molecular weight is 198 g/mol. The van der Waals surface area contributed by atoms with Gasteiger partial charge in [0.05, 0.1) is 6.61 Å². The number of nitrogens with one attached hydrogen (secondary N) is 1. The molecule has 0 aromatic carbocycles. The molecular formula is C11H22N2O. The minimum absolute atomic E-state index is 0.298. The van der Waals surface area contributed by atoms with Crippen LogP contribution in [0, 0.1) is 0 Å². The van der Waals surface area contributed by atoms with Gasteiger partial charge in [0.15, 0.2) is 0 Å². The molecule has 3 heteroatoms. The SMILES string of the molecule is OCC1CCC(N2CCCCC2)CN1. The summed E-state index contributed by atoms with van der Waals surface area (Å²) in [6.07, 6.45) is 6.56. The maximum Gasteiger partial charge on any atom is 0.0584 e. The van der Waals surface area contributed by atoms with E-state index < -0.39 is 0 Å². The first-order valence-electron chi connectivity index (χ1n) is 5.98. The van der Waals surface area contributed by atoms with Crippen molar-refractivity contribution in [3.05, 3.63) is 0 Å². The number of aliphatic hydroxyl groups excluding tert-OH is 1. The van der Waals surface area contributed by atoms with E-state index in [1.54, 1.807) is 0 Å². The first kappa shape index (κ1) is 10.4. The number of aliphatic hydroxyl groups is 1. The Morgan fingerprint density at radius 3 is 2.50 bits per heavy atom. The average Bonchev–Trinajstić information content (AvgIpc) is 2.30. The van der Waals surface area contributed by atoms with Gasteiger partial charge in [-0.05, 0) is 38.8 Å². The summed E-state index contributed by atoms with van der Waals surface area (Å²) in [6.45, 7) is 3.95. The van der Waals surface area contributed by atoms with Crippen molar-refractivity contribution in [1.82, 2.24) is 10.2 Å². The number of hydrogen-bond donors (Lipinski definition) is 2. The van der Waals surface area contributed by atoms with Crippen molar-refractivity contribution in [2.24, 2.45) is 0 Å². The lowest BCUT2D eigenvalue weighted by molar-refractivity contribution is 0.113. The highest BCUT2D eigenvalue weighted by molar-refractivity contribution is 4.84. The molecule has 0 spiro atoms. The van der Waals surface area contributed by atoms with Crippen LogP contribution in [0.1, 0.15) is 32.1 Å². The third kappa shape index (κ3) is 2.47. The van der Waals surface area contributed by atoms with E-state index >= 15 is 0 Å². The molecule has 0 aromatic rings. The van der Waals surface area contributed by atoms with Gasteiger partial charge in [-0.25, -0.2) is 0 Å². The van der Waals surface area contributed by atoms with Crippen molar-refractivity contribution >= 4 is 0 Å². The van der Waals surface area contributed by atoms with Gasteiger partial charge in [-0.2, -0.15) is 0 Å². The van der Waals surface area contributed by atoms with Crippen LogP contribution in [0.5, 0.6) is 0 Å². The summed E-state index contributed by atoms with van der Waals surface area (Å²) in [5.74, 6) is 0. The van der Waals surface area contributed by atoms with Crippen molar-refractivity contribution in [3.8, 4) is 0 Å². The first-order chi connectivity index (χ1) is 6.90. The molecule has 0 saturated carbocycles. The molecule has 0 radical (unpaired) electrons. The van der Waals surface area contributed by atoms with Gasteiger partial charge in [-0.15, -0.1) is 0 Å². The zero-order chi connectivity index (χ0) is 9.80. The molecule has 2 fully saturated rings. The van der Waals surface area contributed by atoms with E-state index in [0.29, 0.717) is 12.6 Å². The van der Waals surface area contributed by atoms with Gasteiger partial charge in [0.1, 0.15) is 0 Å². The third-order valence-corrected chi connectivity index (χ3v) is 3.62. The molecule has 2 aliphatic heterocycles. The van der Waals surface area contributed by atoms with Gasteiger partial charge < -0.3 is 10.4 Å². The fourth-order valence-electron chi connectivity index (χ4n) is 2.65. The number of nitrogens with zero attached hydrogens (tertiary/aromatic N) is 1. The van der Waals surface area contributed by atoms with E-state index in [2.05, 4.69) is 10.2 Å². The summed E-state index contributed by atoms with van der Waals surface area (Å²) >= 11 is 0. The molecule has 0 bridgehead atoms. The number of likely N-dealkylation sites (tertiary alicyclic amines) is 1. The predicted octanol–water partition coefficient (Wildman–Crippen LogP) is 0.585. The van der Waals surface area contributed by atoms with Crippen LogP contribution < -0.4 is 5.32 Å². The molecule has 0 aromatic heterocycles. The Hall–Kier alpha value is -0.120. The number of piperidine rings is 2. The highest BCUT2D eigenvalue weighted by Crippen LogP contribution is 2.18. The fourth-order valence-corrected chi connectivity index (χ4v) is 2.65. The summed E-state index contributed by atoms with van der Waals surface area (Å²) in [7, 11) is 0. The van der Waals surface area contributed by atoms with Crippen LogP contribution in [0.3, 0.4) is 0 Å². The first-order valence-corrected chi connectivity index (χ1v) is 5.98. The molecule has 2 unspecified atom stereocenters. The molecule has 2 heterocycles. The Balaban J connectivity index is 1.76. The monoisotopic (exact) mass is 198 g/mol. The van der Waals surface area contributed by atoms with Crippen molar-refractivity contribution in [3.63, 3.8) is 0 Å². The predicted molar refractivity (Wildman–Crippen MR) is 57.3 cm³/mol. The fraction of sp³-hybridized carbons (Fsp3) is 1.00. The topological polar surface area (TPSA) is 35.5 Å². The van der Waals surface area contributed by atoms with Gasteiger partial charge in [0.25, 0.3) is 0 Å². The van der Waals surface area contributed by atoms with E-state index in [4.69, 9.17) is 5.11 Å². The van der Waals surface area contributed by atoms with Gasteiger partial charge >= 0.3 is 0 Å². The summed E-state index contributed by atoms with van der Waals surface area (Å²) in [5.41, 5.74) is 0. The Kier molecular flexibility index (Phi) is 3.79. The van der Waals surface area contributed by atoms with Gasteiger partial charge in [-0.1, -0.05) is 6.42 Å². The number of rotatable bonds is 2. The van der Waals surface area contributed by atoms with Crippen molar-refractivity contribution < 1.29 is 5.11 Å². The van der Waals surface area contributed by atoms with Crippen molar-refractivity contribution in [2.75, 3.05) is 26.2 Å². The summed E-state index contributed by atoms with van der Waals surface area (Å²) < 4.78 is 0. The highest BCUT2D eigenvalue weighted by Gasteiger charge is 2.25. The molecule has 2 N–H and O–H groups in total.